The number of carbonyl (C=O) groups excluding carboxylic acids is 1. The van der Waals surface area contributed by atoms with Crippen molar-refractivity contribution in [3.05, 3.63) is 96.1 Å². The molecule has 1 aliphatic heterocycles. The minimum atomic E-state index is 0.0966. The van der Waals surface area contributed by atoms with Gasteiger partial charge in [0.2, 0.25) is 5.91 Å². The maximum Gasteiger partial charge on any atom is 0.226 e. The molecule has 1 N–H and O–H groups in total. The van der Waals surface area contributed by atoms with Crippen LogP contribution in [0.3, 0.4) is 0 Å². The zero-order valence-electron chi connectivity index (χ0n) is 18.2. The zero-order chi connectivity index (χ0) is 21.5. The minimum absolute atomic E-state index is 0.0966. The van der Waals surface area contributed by atoms with Gasteiger partial charge in [0, 0.05) is 28.9 Å². The predicted molar refractivity (Wildman–Crippen MR) is 129 cm³/mol. The number of aromatic amines is 1. The number of rotatable bonds is 4. The Hall–Kier alpha value is -3.33. The van der Waals surface area contributed by atoms with E-state index in [9.17, 15) is 4.79 Å². The van der Waals surface area contributed by atoms with E-state index in [0.717, 1.165) is 30.5 Å². The molecule has 2 aliphatic rings. The van der Waals surface area contributed by atoms with Gasteiger partial charge in [-0.05, 0) is 36.0 Å². The molecule has 2 fully saturated rings. The van der Waals surface area contributed by atoms with E-state index in [1.54, 1.807) is 0 Å². The highest BCUT2D eigenvalue weighted by Gasteiger charge is 2.50. The first-order valence-corrected chi connectivity index (χ1v) is 11.8. The third-order valence-corrected chi connectivity index (χ3v) is 7.46. The molecule has 1 saturated carbocycles. The van der Waals surface area contributed by atoms with Crippen molar-refractivity contribution in [1.82, 2.24) is 9.88 Å². The lowest BCUT2D eigenvalue weighted by Gasteiger charge is -2.31. The molecular weight excluding hydrogens is 392 g/mol. The number of hydrogen-bond donors (Lipinski definition) is 1. The Morgan fingerprint density at radius 1 is 0.812 bits per heavy atom. The molecule has 0 bridgehead atoms. The van der Waals surface area contributed by atoms with Gasteiger partial charge in [0.25, 0.3) is 0 Å². The second-order valence-electron chi connectivity index (χ2n) is 9.28. The van der Waals surface area contributed by atoms with Crippen LogP contribution in [-0.4, -0.2) is 15.8 Å². The Bertz CT molecular complexity index is 1240. The predicted octanol–water partition coefficient (Wildman–Crippen LogP) is 6.72. The number of H-pyrrole nitrogens is 1. The zero-order valence-corrected chi connectivity index (χ0v) is 18.2. The van der Waals surface area contributed by atoms with Crippen LogP contribution in [0.1, 0.15) is 42.9 Å². The number of benzene rings is 3. The van der Waals surface area contributed by atoms with Crippen molar-refractivity contribution in [2.75, 3.05) is 0 Å². The van der Waals surface area contributed by atoms with E-state index in [1.165, 1.54) is 28.5 Å². The summed E-state index contributed by atoms with van der Waals surface area (Å²) in [6, 6.07) is 29.7. The van der Waals surface area contributed by atoms with Crippen molar-refractivity contribution in [2.45, 2.75) is 38.3 Å². The quantitative estimate of drug-likeness (QED) is 0.391. The molecule has 3 heteroatoms. The molecule has 1 saturated heterocycles. The highest BCUT2D eigenvalue weighted by atomic mass is 16.2. The van der Waals surface area contributed by atoms with Gasteiger partial charge in [-0.25, -0.2) is 0 Å². The molecule has 32 heavy (non-hydrogen) atoms. The Labute approximate surface area is 189 Å². The number of hydrogen-bond acceptors (Lipinski definition) is 1. The number of nitrogens with zero attached hydrogens (tertiary/aromatic N) is 1. The molecule has 3 atom stereocenters. The van der Waals surface area contributed by atoms with Crippen LogP contribution >= 0.6 is 0 Å². The van der Waals surface area contributed by atoms with Crippen LogP contribution in [0, 0.1) is 11.8 Å². The van der Waals surface area contributed by atoms with E-state index in [4.69, 9.17) is 0 Å². The SMILES string of the molecule is O=C1[C@H]2CCCC[C@H]2[C@H](c2c(-c3ccccc3)[nH]c3ccccc23)N1Cc1ccccc1. The minimum Gasteiger partial charge on any atom is -0.354 e. The standard InChI is InChI=1S/C29H28N2O/c32-29-23-16-8-7-15-22(23)28(31(29)19-20-11-3-1-4-12-20)26-24-17-9-10-18-25(24)30-27(26)21-13-5-2-6-14-21/h1-6,9-14,17-18,22-23,28,30H,7-8,15-16,19H2/t22-,23+,28-/m1/s1. The summed E-state index contributed by atoms with van der Waals surface area (Å²) in [6.45, 7) is 0.672. The second kappa shape index (κ2) is 7.98. The van der Waals surface area contributed by atoms with Crippen LogP contribution in [0.2, 0.25) is 0 Å². The first-order valence-electron chi connectivity index (χ1n) is 11.8. The maximum atomic E-state index is 13.7. The number of likely N-dealkylation sites (tertiary alicyclic amines) is 1. The summed E-state index contributed by atoms with van der Waals surface area (Å²) in [5.74, 6) is 0.865. The van der Waals surface area contributed by atoms with E-state index in [1.807, 2.05) is 6.07 Å². The van der Waals surface area contributed by atoms with Crippen LogP contribution < -0.4 is 0 Å². The largest absolute Gasteiger partial charge is 0.354 e. The van der Waals surface area contributed by atoms with Gasteiger partial charge in [0.15, 0.2) is 0 Å². The summed E-state index contributed by atoms with van der Waals surface area (Å²) in [5.41, 5.74) is 5.99. The smallest absolute Gasteiger partial charge is 0.226 e. The third kappa shape index (κ3) is 3.15. The lowest BCUT2D eigenvalue weighted by molar-refractivity contribution is -0.133. The van der Waals surface area contributed by atoms with Crippen molar-refractivity contribution >= 4 is 16.8 Å². The summed E-state index contributed by atoms with van der Waals surface area (Å²) >= 11 is 0. The van der Waals surface area contributed by atoms with Crippen molar-refractivity contribution in [1.29, 1.82) is 0 Å². The first-order chi connectivity index (χ1) is 15.8. The molecule has 0 unspecified atom stereocenters. The van der Waals surface area contributed by atoms with Crippen molar-refractivity contribution in [2.24, 2.45) is 11.8 Å². The number of aromatic nitrogens is 1. The van der Waals surface area contributed by atoms with Gasteiger partial charge in [-0.15, -0.1) is 0 Å². The molecule has 1 aromatic heterocycles. The number of amides is 1. The van der Waals surface area contributed by atoms with Gasteiger partial charge < -0.3 is 9.88 Å². The molecule has 1 amide bonds. The van der Waals surface area contributed by atoms with E-state index in [2.05, 4.69) is 88.7 Å². The molecule has 4 aromatic rings. The fourth-order valence-corrected chi connectivity index (χ4v) is 6.05. The lowest BCUT2D eigenvalue weighted by atomic mass is 9.76. The Morgan fingerprint density at radius 2 is 1.50 bits per heavy atom. The highest BCUT2D eigenvalue weighted by molar-refractivity contribution is 5.93. The van der Waals surface area contributed by atoms with Crippen LogP contribution in [-0.2, 0) is 11.3 Å². The number of nitrogens with one attached hydrogen (secondary N) is 1. The molecule has 2 heterocycles. The highest BCUT2D eigenvalue weighted by Crippen LogP contribution is 2.52. The van der Waals surface area contributed by atoms with Gasteiger partial charge >= 0.3 is 0 Å². The van der Waals surface area contributed by atoms with E-state index in [0.29, 0.717) is 18.4 Å². The molecule has 6 rings (SSSR count). The number of carbonyl (C=O) groups is 1. The normalized spacial score (nSPS) is 22.9. The fourth-order valence-electron chi connectivity index (χ4n) is 6.05. The van der Waals surface area contributed by atoms with Crippen molar-refractivity contribution < 1.29 is 4.79 Å². The van der Waals surface area contributed by atoms with Gasteiger partial charge in [-0.2, -0.15) is 0 Å². The molecule has 3 nitrogen and oxygen atoms in total. The second-order valence-corrected chi connectivity index (χ2v) is 9.28. The van der Waals surface area contributed by atoms with Crippen LogP contribution in [0.4, 0.5) is 0 Å². The van der Waals surface area contributed by atoms with E-state index >= 15 is 0 Å². The first kappa shape index (κ1) is 19.4. The summed E-state index contributed by atoms with van der Waals surface area (Å²) in [7, 11) is 0. The number of fused-ring (bicyclic) bond motifs is 2. The maximum absolute atomic E-state index is 13.7. The molecular formula is C29H28N2O. The summed E-state index contributed by atoms with van der Waals surface area (Å²) in [5, 5.41) is 1.24. The van der Waals surface area contributed by atoms with Crippen molar-refractivity contribution in [3.63, 3.8) is 0 Å². The lowest BCUT2D eigenvalue weighted by Crippen LogP contribution is -2.29. The van der Waals surface area contributed by atoms with Gasteiger partial charge in [0.05, 0.1) is 11.7 Å². The van der Waals surface area contributed by atoms with Crippen molar-refractivity contribution in [3.8, 4) is 11.3 Å². The molecule has 0 radical (unpaired) electrons. The summed E-state index contributed by atoms with van der Waals surface area (Å²) < 4.78 is 0. The Morgan fingerprint density at radius 3 is 2.31 bits per heavy atom. The van der Waals surface area contributed by atoms with E-state index in [-0.39, 0.29) is 12.0 Å². The van der Waals surface area contributed by atoms with Gasteiger partial charge in [-0.1, -0.05) is 91.7 Å². The molecule has 3 aromatic carbocycles. The Kier molecular flexibility index (Phi) is 4.83. The van der Waals surface area contributed by atoms with E-state index < -0.39 is 0 Å². The third-order valence-electron chi connectivity index (χ3n) is 7.46. The molecule has 0 spiro atoms. The summed E-state index contributed by atoms with van der Waals surface area (Å²) in [4.78, 5) is 19.7. The van der Waals surface area contributed by atoms with Gasteiger partial charge in [0.1, 0.15) is 0 Å². The topological polar surface area (TPSA) is 36.1 Å². The summed E-state index contributed by atoms with van der Waals surface area (Å²) in [6.07, 6.45) is 4.53. The number of para-hydroxylation sites is 1. The van der Waals surface area contributed by atoms with Crippen LogP contribution in [0.5, 0.6) is 0 Å². The molecule has 1 aliphatic carbocycles. The average Bonchev–Trinajstić information content (AvgIpc) is 3.36. The average molecular weight is 421 g/mol. The Balaban J connectivity index is 1.55. The molecule has 160 valence electrons. The van der Waals surface area contributed by atoms with Crippen LogP contribution in [0.15, 0.2) is 84.9 Å². The fraction of sp³-hybridized carbons (Fsp3) is 0.276. The monoisotopic (exact) mass is 420 g/mol. The van der Waals surface area contributed by atoms with Gasteiger partial charge in [-0.3, -0.25) is 4.79 Å². The van der Waals surface area contributed by atoms with Crippen LogP contribution in [0.25, 0.3) is 22.2 Å².